The Labute approximate surface area is 171 Å². The second-order valence-electron chi connectivity index (χ2n) is 7.11. The quantitative estimate of drug-likeness (QED) is 0.665. The van der Waals surface area contributed by atoms with Crippen LogP contribution in [-0.2, 0) is 13.1 Å². The SMILES string of the molecule is CC(C)N(Cc1ccccc1)C(=O)c1ccnc(C(=O)NCc2ccccc2)c1. The first-order valence-electron chi connectivity index (χ1n) is 9.67. The topological polar surface area (TPSA) is 62.3 Å². The Morgan fingerprint density at radius 1 is 0.931 bits per heavy atom. The molecule has 0 radical (unpaired) electrons. The Morgan fingerprint density at radius 3 is 2.17 bits per heavy atom. The Hall–Kier alpha value is -3.47. The van der Waals surface area contributed by atoms with Crippen LogP contribution in [0.25, 0.3) is 0 Å². The van der Waals surface area contributed by atoms with Gasteiger partial charge in [-0.25, -0.2) is 0 Å². The Morgan fingerprint density at radius 2 is 1.55 bits per heavy atom. The van der Waals surface area contributed by atoms with Crippen LogP contribution in [0.4, 0.5) is 0 Å². The Kier molecular flexibility index (Phi) is 6.74. The van der Waals surface area contributed by atoms with Crippen LogP contribution in [0.3, 0.4) is 0 Å². The van der Waals surface area contributed by atoms with Crippen LogP contribution in [0.5, 0.6) is 0 Å². The summed E-state index contributed by atoms with van der Waals surface area (Å²) in [5.74, 6) is -0.425. The molecule has 3 rings (SSSR count). The Balaban J connectivity index is 1.72. The van der Waals surface area contributed by atoms with E-state index in [9.17, 15) is 9.59 Å². The molecule has 0 saturated heterocycles. The summed E-state index contributed by atoms with van der Waals surface area (Å²) >= 11 is 0. The molecular formula is C24H25N3O2. The van der Waals surface area contributed by atoms with Crippen molar-refractivity contribution in [3.63, 3.8) is 0 Å². The summed E-state index contributed by atoms with van der Waals surface area (Å²) in [6.07, 6.45) is 1.51. The molecule has 0 atom stereocenters. The first-order valence-corrected chi connectivity index (χ1v) is 9.67. The molecule has 1 N–H and O–H groups in total. The highest BCUT2D eigenvalue weighted by molar-refractivity contribution is 5.98. The molecule has 1 heterocycles. The van der Waals surface area contributed by atoms with Crippen LogP contribution in [0.2, 0.25) is 0 Å². The molecule has 0 unspecified atom stereocenters. The van der Waals surface area contributed by atoms with E-state index in [1.807, 2.05) is 74.5 Å². The second-order valence-corrected chi connectivity index (χ2v) is 7.11. The Bertz CT molecular complexity index is 956. The maximum Gasteiger partial charge on any atom is 0.270 e. The highest BCUT2D eigenvalue weighted by Crippen LogP contribution is 2.14. The van der Waals surface area contributed by atoms with Crippen molar-refractivity contribution in [2.75, 3.05) is 0 Å². The lowest BCUT2D eigenvalue weighted by molar-refractivity contribution is 0.0690. The van der Waals surface area contributed by atoms with Crippen molar-refractivity contribution in [3.05, 3.63) is 101 Å². The average molecular weight is 387 g/mol. The fourth-order valence-corrected chi connectivity index (χ4v) is 2.99. The number of aromatic nitrogens is 1. The number of nitrogens with zero attached hydrogens (tertiary/aromatic N) is 2. The number of carbonyl (C=O) groups is 2. The monoisotopic (exact) mass is 387 g/mol. The summed E-state index contributed by atoms with van der Waals surface area (Å²) in [6, 6.07) is 22.8. The molecule has 0 saturated carbocycles. The molecule has 148 valence electrons. The van der Waals surface area contributed by atoms with Gasteiger partial charge in [-0.2, -0.15) is 0 Å². The molecule has 0 aliphatic carbocycles. The normalized spacial score (nSPS) is 10.6. The third-order valence-electron chi connectivity index (χ3n) is 4.62. The van der Waals surface area contributed by atoms with Gasteiger partial charge in [-0.05, 0) is 37.1 Å². The van der Waals surface area contributed by atoms with Gasteiger partial charge in [-0.15, -0.1) is 0 Å². The van der Waals surface area contributed by atoms with E-state index >= 15 is 0 Å². The van der Waals surface area contributed by atoms with Crippen molar-refractivity contribution < 1.29 is 9.59 Å². The van der Waals surface area contributed by atoms with Crippen LogP contribution in [0.15, 0.2) is 79.0 Å². The van der Waals surface area contributed by atoms with Crippen LogP contribution >= 0.6 is 0 Å². The minimum absolute atomic E-state index is 0.0197. The van der Waals surface area contributed by atoms with E-state index in [4.69, 9.17) is 0 Å². The van der Waals surface area contributed by atoms with Crippen LogP contribution < -0.4 is 5.32 Å². The molecule has 5 nitrogen and oxygen atoms in total. The highest BCUT2D eigenvalue weighted by atomic mass is 16.2. The van der Waals surface area contributed by atoms with Gasteiger partial charge in [0.2, 0.25) is 0 Å². The number of pyridine rings is 1. The summed E-state index contributed by atoms with van der Waals surface area (Å²) in [6.45, 7) is 4.88. The van der Waals surface area contributed by atoms with E-state index in [-0.39, 0.29) is 23.6 Å². The number of hydrogen-bond donors (Lipinski definition) is 1. The molecule has 2 aromatic carbocycles. The van der Waals surface area contributed by atoms with Crippen molar-refractivity contribution in [2.24, 2.45) is 0 Å². The first kappa shape index (κ1) is 20.3. The maximum atomic E-state index is 13.1. The van der Waals surface area contributed by atoms with Crippen molar-refractivity contribution in [3.8, 4) is 0 Å². The van der Waals surface area contributed by atoms with Gasteiger partial charge in [0.05, 0.1) is 0 Å². The third kappa shape index (κ3) is 5.51. The molecule has 0 fully saturated rings. The third-order valence-corrected chi connectivity index (χ3v) is 4.62. The number of nitrogens with one attached hydrogen (secondary N) is 1. The van der Waals surface area contributed by atoms with Gasteiger partial charge in [0.1, 0.15) is 5.69 Å². The number of amides is 2. The highest BCUT2D eigenvalue weighted by Gasteiger charge is 2.20. The number of carbonyl (C=O) groups excluding carboxylic acids is 2. The summed E-state index contributed by atoms with van der Waals surface area (Å²) in [7, 11) is 0. The zero-order valence-electron chi connectivity index (χ0n) is 16.7. The maximum absolute atomic E-state index is 13.1. The molecule has 5 heteroatoms. The summed E-state index contributed by atoms with van der Waals surface area (Å²) in [4.78, 5) is 31.5. The zero-order valence-corrected chi connectivity index (χ0v) is 16.7. The lowest BCUT2D eigenvalue weighted by Gasteiger charge is -2.27. The predicted octanol–water partition coefficient (Wildman–Crippen LogP) is 4.06. The van der Waals surface area contributed by atoms with Gasteiger partial charge in [-0.3, -0.25) is 14.6 Å². The minimum atomic E-state index is -0.303. The standard InChI is InChI=1S/C24H25N3O2/c1-18(2)27(17-20-11-7-4-8-12-20)24(29)21-13-14-25-22(15-21)23(28)26-16-19-9-5-3-6-10-19/h3-15,18H,16-17H2,1-2H3,(H,26,28). The van der Waals surface area contributed by atoms with E-state index in [2.05, 4.69) is 10.3 Å². The number of hydrogen-bond acceptors (Lipinski definition) is 3. The van der Waals surface area contributed by atoms with Crippen LogP contribution in [0, 0.1) is 0 Å². The van der Waals surface area contributed by atoms with E-state index in [1.165, 1.54) is 6.20 Å². The summed E-state index contributed by atoms with van der Waals surface area (Å²) in [5.41, 5.74) is 2.75. The molecular weight excluding hydrogens is 362 g/mol. The van der Waals surface area contributed by atoms with Crippen LogP contribution in [-0.4, -0.2) is 27.7 Å². The lowest BCUT2D eigenvalue weighted by Crippen LogP contribution is -2.36. The fourth-order valence-electron chi connectivity index (χ4n) is 2.99. The fraction of sp³-hybridized carbons (Fsp3) is 0.208. The molecule has 0 bridgehead atoms. The zero-order chi connectivity index (χ0) is 20.6. The van der Waals surface area contributed by atoms with E-state index < -0.39 is 0 Å². The molecule has 0 aliphatic heterocycles. The van der Waals surface area contributed by atoms with Crippen molar-refractivity contribution >= 4 is 11.8 Å². The summed E-state index contributed by atoms with van der Waals surface area (Å²) < 4.78 is 0. The van der Waals surface area contributed by atoms with Gasteiger partial charge in [-0.1, -0.05) is 60.7 Å². The molecule has 1 aromatic heterocycles. The summed E-state index contributed by atoms with van der Waals surface area (Å²) in [5, 5.41) is 2.85. The van der Waals surface area contributed by atoms with Gasteiger partial charge in [0.15, 0.2) is 0 Å². The average Bonchev–Trinajstić information content (AvgIpc) is 2.76. The number of rotatable bonds is 7. The van der Waals surface area contributed by atoms with Gasteiger partial charge < -0.3 is 10.2 Å². The second kappa shape index (κ2) is 9.64. The number of benzene rings is 2. The van der Waals surface area contributed by atoms with Crippen LogP contribution in [0.1, 0.15) is 45.8 Å². The molecule has 0 spiro atoms. The van der Waals surface area contributed by atoms with Crippen molar-refractivity contribution in [2.45, 2.75) is 33.0 Å². The minimum Gasteiger partial charge on any atom is -0.347 e. The predicted molar refractivity (Wildman–Crippen MR) is 113 cm³/mol. The van der Waals surface area contributed by atoms with Crippen molar-refractivity contribution in [1.29, 1.82) is 0 Å². The van der Waals surface area contributed by atoms with Gasteiger partial charge in [0, 0.05) is 30.9 Å². The largest absolute Gasteiger partial charge is 0.347 e. The molecule has 2 amide bonds. The lowest BCUT2D eigenvalue weighted by atomic mass is 10.1. The van der Waals surface area contributed by atoms with E-state index in [0.29, 0.717) is 18.7 Å². The van der Waals surface area contributed by atoms with E-state index in [1.54, 1.807) is 17.0 Å². The first-order chi connectivity index (χ1) is 14.0. The van der Waals surface area contributed by atoms with Crippen molar-refractivity contribution in [1.82, 2.24) is 15.2 Å². The van der Waals surface area contributed by atoms with Gasteiger partial charge in [0.25, 0.3) is 11.8 Å². The molecule has 0 aliphatic rings. The smallest absolute Gasteiger partial charge is 0.270 e. The van der Waals surface area contributed by atoms with Gasteiger partial charge >= 0.3 is 0 Å². The van der Waals surface area contributed by atoms with E-state index in [0.717, 1.165) is 11.1 Å². The molecule has 3 aromatic rings. The molecule has 29 heavy (non-hydrogen) atoms.